The quantitative estimate of drug-likeness (QED) is 0.0977. The van der Waals surface area contributed by atoms with Crippen LogP contribution in [0.2, 0.25) is 0 Å². The van der Waals surface area contributed by atoms with E-state index in [2.05, 4.69) is 23.7 Å². The molecule has 0 aromatic carbocycles. The zero-order valence-corrected chi connectivity index (χ0v) is 28.0. The molecule has 4 rings (SSSR count). The minimum Gasteiger partial charge on any atom is -0.481 e. The number of carboxylic acids is 1. The van der Waals surface area contributed by atoms with Crippen LogP contribution in [0.5, 0.6) is 0 Å². The molecule has 4 fully saturated rings. The molecule has 0 aromatic rings. The fourth-order valence-corrected chi connectivity index (χ4v) is 7.49. The first-order chi connectivity index (χ1) is 22.6. The van der Waals surface area contributed by atoms with Gasteiger partial charge in [0.05, 0.1) is 68.8 Å². The van der Waals surface area contributed by atoms with Crippen molar-refractivity contribution < 1.29 is 63.8 Å². The summed E-state index contributed by atoms with van der Waals surface area (Å²) in [4.78, 5) is 49.6. The van der Waals surface area contributed by atoms with Gasteiger partial charge in [0, 0.05) is 5.41 Å². The van der Waals surface area contributed by atoms with Crippen molar-refractivity contribution in [1.29, 1.82) is 0 Å². The third kappa shape index (κ3) is 12.4. The predicted molar refractivity (Wildman–Crippen MR) is 165 cm³/mol. The average Bonchev–Trinajstić information content (AvgIpc) is 3.05. The molecule has 6 unspecified atom stereocenters. The van der Waals surface area contributed by atoms with Crippen LogP contribution in [0, 0.1) is 29.1 Å². The summed E-state index contributed by atoms with van der Waals surface area (Å²) in [5.74, 6) is 2.12. The summed E-state index contributed by atoms with van der Waals surface area (Å²) in [5.41, 5.74) is -0.166. The topological polar surface area (TPSA) is 195 Å². The lowest BCUT2D eigenvalue weighted by molar-refractivity contribution is -0.341. The van der Waals surface area contributed by atoms with Gasteiger partial charge in [0.25, 0.3) is 0 Å². The van der Waals surface area contributed by atoms with E-state index in [9.17, 15) is 19.8 Å². The first-order valence-corrected chi connectivity index (χ1v) is 17.5. The third-order valence-corrected chi connectivity index (χ3v) is 10.4. The molecule has 0 aliphatic heterocycles. The first-order valence-electron chi connectivity index (χ1n) is 17.5. The van der Waals surface area contributed by atoms with Gasteiger partial charge in [-0.25, -0.2) is 19.6 Å². The lowest BCUT2D eigenvalue weighted by Gasteiger charge is -2.35. The van der Waals surface area contributed by atoms with Gasteiger partial charge in [0.1, 0.15) is 6.10 Å². The fraction of sp³-hybridized carbons (Fsp3) is 0.939. The van der Waals surface area contributed by atoms with E-state index in [1.807, 2.05) is 0 Å². The Morgan fingerprint density at radius 3 is 1.89 bits per heavy atom. The smallest absolute Gasteiger partial charge is 0.310 e. The van der Waals surface area contributed by atoms with E-state index >= 15 is 0 Å². The molecule has 6 atom stereocenters. The molecular formula is C33H57NO13. The molecule has 0 heterocycles. The number of hydrogen-bond donors (Lipinski definition) is 4. The summed E-state index contributed by atoms with van der Waals surface area (Å²) in [6.07, 6.45) is 8.66. The van der Waals surface area contributed by atoms with Crippen molar-refractivity contribution in [2.75, 3.05) is 26.4 Å². The molecule has 4 aliphatic rings. The fourth-order valence-electron chi connectivity index (χ4n) is 7.49. The molecule has 0 aromatic heterocycles. The highest BCUT2D eigenvalue weighted by Gasteiger charge is 2.42. The minimum absolute atomic E-state index is 0.0280. The maximum Gasteiger partial charge on any atom is 0.310 e. The largest absolute Gasteiger partial charge is 0.481 e. The molecule has 0 saturated heterocycles. The molecule has 0 bridgehead atoms. The standard InChI is InChI=1S/C33H57NO13/c1-33(2,20-41-25-7-11-27(12-8-25)45-43-18-21-3-4-23(35)15-22(21)17-42-39)19-40-24-5-9-26(10-6-24)44-32(38)30-16-28(46-47-34)13-14-29(30)31(36)37/h21-30,35,39H,3-20,34H2,1-2H3,(H,36,37). The maximum absolute atomic E-state index is 12.9. The van der Waals surface area contributed by atoms with Crippen molar-refractivity contribution in [3.8, 4) is 0 Å². The van der Waals surface area contributed by atoms with Crippen LogP contribution in [0.3, 0.4) is 0 Å². The van der Waals surface area contributed by atoms with Crippen LogP contribution in [0.4, 0.5) is 0 Å². The van der Waals surface area contributed by atoms with Crippen molar-refractivity contribution in [1.82, 2.24) is 0 Å². The van der Waals surface area contributed by atoms with Gasteiger partial charge in [0.2, 0.25) is 0 Å². The van der Waals surface area contributed by atoms with Gasteiger partial charge in [-0.1, -0.05) is 13.8 Å². The Morgan fingerprint density at radius 1 is 0.702 bits per heavy atom. The van der Waals surface area contributed by atoms with Gasteiger partial charge in [-0.15, -0.1) is 4.99 Å². The van der Waals surface area contributed by atoms with Crippen LogP contribution < -0.4 is 5.90 Å². The van der Waals surface area contributed by atoms with Gasteiger partial charge in [-0.05, 0) is 102 Å². The van der Waals surface area contributed by atoms with Crippen molar-refractivity contribution in [2.24, 2.45) is 35.0 Å². The second-order valence-electron chi connectivity index (χ2n) is 14.9. The number of nitrogens with two attached hydrogens (primary N) is 1. The number of esters is 1. The molecule has 272 valence electrons. The molecular weight excluding hydrogens is 618 g/mol. The highest BCUT2D eigenvalue weighted by Crippen LogP contribution is 2.35. The summed E-state index contributed by atoms with van der Waals surface area (Å²) in [6, 6.07) is 0. The Balaban J connectivity index is 1.07. The minimum atomic E-state index is -1.01. The van der Waals surface area contributed by atoms with Gasteiger partial charge < -0.3 is 24.4 Å². The molecule has 47 heavy (non-hydrogen) atoms. The first kappa shape index (κ1) is 38.3. The van der Waals surface area contributed by atoms with Gasteiger partial charge in [-0.2, -0.15) is 5.90 Å². The summed E-state index contributed by atoms with van der Waals surface area (Å²) >= 11 is 0. The lowest BCUT2D eigenvalue weighted by atomic mass is 9.78. The van der Waals surface area contributed by atoms with Crippen LogP contribution >= 0.6 is 0 Å². The van der Waals surface area contributed by atoms with E-state index in [0.717, 1.165) is 51.4 Å². The third-order valence-electron chi connectivity index (χ3n) is 10.4. The molecule has 0 spiro atoms. The summed E-state index contributed by atoms with van der Waals surface area (Å²) in [7, 11) is 0. The lowest BCUT2D eigenvalue weighted by Crippen LogP contribution is -2.41. The van der Waals surface area contributed by atoms with E-state index in [0.29, 0.717) is 51.9 Å². The van der Waals surface area contributed by atoms with Crippen LogP contribution in [0.1, 0.15) is 104 Å². The number of carbonyl (C=O) groups is 2. The monoisotopic (exact) mass is 675 g/mol. The Hall–Kier alpha value is -1.46. The van der Waals surface area contributed by atoms with E-state index in [-0.39, 0.29) is 60.8 Å². The van der Waals surface area contributed by atoms with Gasteiger partial charge in [0.15, 0.2) is 0 Å². The maximum atomic E-state index is 12.9. The summed E-state index contributed by atoms with van der Waals surface area (Å²) in [5, 5.41) is 28.4. The second kappa shape index (κ2) is 19.1. The number of ether oxygens (including phenoxy) is 3. The Bertz CT molecular complexity index is 937. The molecule has 0 radical (unpaired) electrons. The SMILES string of the molecule is CC(C)(COC1CCC(OOCC2CCC(O)CC2COO)CC1)COC1CCC(OC(=O)C2CC(OON)CCC2C(=O)O)CC1. The number of aliphatic carboxylic acids is 1. The molecule has 14 heteroatoms. The Morgan fingerprint density at radius 2 is 1.30 bits per heavy atom. The van der Waals surface area contributed by atoms with Crippen molar-refractivity contribution in [2.45, 2.75) is 140 Å². The second-order valence-corrected chi connectivity index (χ2v) is 14.9. The normalized spacial score (nSPS) is 35.3. The van der Waals surface area contributed by atoms with E-state index in [1.165, 1.54) is 0 Å². The zero-order valence-electron chi connectivity index (χ0n) is 28.0. The number of aliphatic hydroxyl groups excluding tert-OH is 1. The number of rotatable bonds is 17. The van der Waals surface area contributed by atoms with Crippen LogP contribution in [0.15, 0.2) is 0 Å². The van der Waals surface area contributed by atoms with E-state index in [1.54, 1.807) is 0 Å². The summed E-state index contributed by atoms with van der Waals surface area (Å²) in [6.45, 7) is 6.03. The average molecular weight is 676 g/mol. The molecule has 0 amide bonds. The van der Waals surface area contributed by atoms with Crippen molar-refractivity contribution >= 4 is 11.9 Å². The molecule has 4 aliphatic carbocycles. The molecule has 4 saturated carbocycles. The van der Waals surface area contributed by atoms with Crippen molar-refractivity contribution in [3.05, 3.63) is 0 Å². The number of carbonyl (C=O) groups excluding carboxylic acids is 1. The van der Waals surface area contributed by atoms with Crippen LogP contribution in [0.25, 0.3) is 0 Å². The van der Waals surface area contributed by atoms with Crippen molar-refractivity contribution in [3.63, 3.8) is 0 Å². The number of carboxylic acid groups (broad SMARTS) is 1. The molecule has 14 nitrogen and oxygen atoms in total. The van der Waals surface area contributed by atoms with Crippen LogP contribution in [-0.4, -0.2) is 90.5 Å². The summed E-state index contributed by atoms with van der Waals surface area (Å²) < 4.78 is 18.3. The highest BCUT2D eigenvalue weighted by atomic mass is 17.3. The number of hydrogen-bond acceptors (Lipinski definition) is 13. The van der Waals surface area contributed by atoms with Gasteiger partial charge >= 0.3 is 11.9 Å². The zero-order chi connectivity index (χ0) is 33.8. The highest BCUT2D eigenvalue weighted by molar-refractivity contribution is 5.81. The number of aliphatic hydroxyl groups is 1. The van der Waals surface area contributed by atoms with E-state index < -0.39 is 29.9 Å². The van der Waals surface area contributed by atoms with Gasteiger partial charge in [-0.3, -0.25) is 14.8 Å². The Kier molecular flexibility index (Phi) is 15.6. The van der Waals surface area contributed by atoms with Crippen LogP contribution in [-0.2, 0) is 48.3 Å². The van der Waals surface area contributed by atoms with E-state index in [4.69, 9.17) is 40.0 Å². The Labute approximate surface area is 277 Å². The molecule has 5 N–H and O–H groups in total. The predicted octanol–water partition coefficient (Wildman–Crippen LogP) is 4.12.